The van der Waals surface area contributed by atoms with E-state index in [9.17, 15) is 18.0 Å². The number of fused-ring (bicyclic) bond motifs is 1. The Balaban J connectivity index is 1.29. The summed E-state index contributed by atoms with van der Waals surface area (Å²) in [5, 5.41) is 3.99. The first-order chi connectivity index (χ1) is 14.4. The Morgan fingerprint density at radius 2 is 1.77 bits per heavy atom. The van der Waals surface area contributed by atoms with E-state index in [0.717, 1.165) is 23.2 Å². The van der Waals surface area contributed by atoms with Gasteiger partial charge in [0.05, 0.1) is 11.1 Å². The minimum Gasteiger partial charge on any atom is -0.474 e. The summed E-state index contributed by atoms with van der Waals surface area (Å²) in [7, 11) is 0. The van der Waals surface area contributed by atoms with Crippen LogP contribution in [0.15, 0.2) is 54.7 Å². The lowest BCUT2D eigenvalue weighted by atomic mass is 9.93. The van der Waals surface area contributed by atoms with Crippen LogP contribution in [0, 0.1) is 0 Å². The molecular weight excluding hydrogens is 395 g/mol. The highest BCUT2D eigenvalue weighted by atomic mass is 19.4. The lowest BCUT2D eigenvalue weighted by Gasteiger charge is -2.29. The van der Waals surface area contributed by atoms with E-state index in [4.69, 9.17) is 4.74 Å². The zero-order chi connectivity index (χ0) is 21.1. The Hall–Kier alpha value is -3.16. The molecule has 2 aromatic heterocycles. The zero-order valence-electron chi connectivity index (χ0n) is 16.0. The first-order valence-electron chi connectivity index (χ1n) is 9.75. The Bertz CT molecular complexity index is 1030. The zero-order valence-corrected chi connectivity index (χ0v) is 16.0. The van der Waals surface area contributed by atoms with Gasteiger partial charge < -0.3 is 10.1 Å². The van der Waals surface area contributed by atoms with Crippen molar-refractivity contribution in [3.63, 3.8) is 0 Å². The van der Waals surface area contributed by atoms with Gasteiger partial charge >= 0.3 is 6.18 Å². The number of rotatable bonds is 4. The van der Waals surface area contributed by atoms with Crippen LogP contribution in [0.5, 0.6) is 5.88 Å². The number of pyridine rings is 2. The quantitative estimate of drug-likeness (QED) is 0.667. The molecule has 0 bridgehead atoms. The van der Waals surface area contributed by atoms with Crippen LogP contribution in [0.1, 0.15) is 41.7 Å². The molecule has 1 aliphatic rings. The fourth-order valence-corrected chi connectivity index (χ4v) is 3.57. The number of ether oxygens (including phenoxy) is 1. The molecule has 8 heteroatoms. The van der Waals surface area contributed by atoms with Gasteiger partial charge in [0.15, 0.2) is 0 Å². The van der Waals surface area contributed by atoms with Crippen molar-refractivity contribution in [2.45, 2.75) is 44.0 Å². The number of halogens is 3. The molecule has 4 rings (SSSR count). The van der Waals surface area contributed by atoms with Crippen LogP contribution in [-0.2, 0) is 6.18 Å². The van der Waals surface area contributed by atoms with Crippen LogP contribution in [0.3, 0.4) is 0 Å². The van der Waals surface area contributed by atoms with Crippen LogP contribution in [0.2, 0.25) is 0 Å². The molecular formula is C22H20F3N3O2. The van der Waals surface area contributed by atoms with E-state index < -0.39 is 11.7 Å². The predicted octanol–water partition coefficient (Wildman–Crippen LogP) is 4.77. The summed E-state index contributed by atoms with van der Waals surface area (Å²) < 4.78 is 43.5. The number of hydrogen-bond acceptors (Lipinski definition) is 4. The van der Waals surface area contributed by atoms with Gasteiger partial charge in [0, 0.05) is 23.7 Å². The van der Waals surface area contributed by atoms with Gasteiger partial charge in [0.25, 0.3) is 5.91 Å². The number of alkyl halides is 3. The average Bonchev–Trinajstić information content (AvgIpc) is 2.74. The van der Waals surface area contributed by atoms with E-state index in [1.165, 1.54) is 6.07 Å². The van der Waals surface area contributed by atoms with Crippen molar-refractivity contribution in [1.82, 2.24) is 15.3 Å². The van der Waals surface area contributed by atoms with E-state index in [-0.39, 0.29) is 23.9 Å². The highest BCUT2D eigenvalue weighted by Crippen LogP contribution is 2.30. The Kier molecular flexibility index (Phi) is 5.57. The molecule has 0 spiro atoms. The van der Waals surface area contributed by atoms with Gasteiger partial charge in [0.1, 0.15) is 11.8 Å². The number of carbonyl (C=O) groups excluding carboxylic acids is 1. The third-order valence-electron chi connectivity index (χ3n) is 5.19. The molecule has 0 saturated heterocycles. The summed E-state index contributed by atoms with van der Waals surface area (Å²) in [6.45, 7) is 0. The van der Waals surface area contributed by atoms with Crippen LogP contribution in [0.4, 0.5) is 13.2 Å². The van der Waals surface area contributed by atoms with Gasteiger partial charge in [0.2, 0.25) is 5.88 Å². The smallest absolute Gasteiger partial charge is 0.417 e. The molecule has 0 unspecified atom stereocenters. The van der Waals surface area contributed by atoms with Gasteiger partial charge in [-0.25, -0.2) is 9.97 Å². The van der Waals surface area contributed by atoms with Crippen molar-refractivity contribution >= 4 is 16.8 Å². The van der Waals surface area contributed by atoms with Crippen molar-refractivity contribution in [1.29, 1.82) is 0 Å². The summed E-state index contributed by atoms with van der Waals surface area (Å²) in [4.78, 5) is 20.7. The van der Waals surface area contributed by atoms with Crippen molar-refractivity contribution in [3.8, 4) is 5.88 Å². The summed E-state index contributed by atoms with van der Waals surface area (Å²) >= 11 is 0. The molecule has 0 atom stereocenters. The third-order valence-corrected chi connectivity index (χ3v) is 5.19. The summed E-state index contributed by atoms with van der Waals surface area (Å²) in [5.74, 6) is -0.0367. The van der Waals surface area contributed by atoms with Gasteiger partial charge in [-0.2, -0.15) is 13.2 Å². The highest BCUT2D eigenvalue weighted by Gasteiger charge is 2.31. The molecule has 3 aromatic rings. The molecule has 1 fully saturated rings. The molecule has 0 aliphatic heterocycles. The van der Waals surface area contributed by atoms with Gasteiger partial charge in [-0.3, -0.25) is 4.79 Å². The fraction of sp³-hybridized carbons (Fsp3) is 0.318. The second kappa shape index (κ2) is 8.30. The van der Waals surface area contributed by atoms with E-state index >= 15 is 0 Å². The number of nitrogens with one attached hydrogen (secondary N) is 1. The molecule has 1 N–H and O–H groups in total. The van der Waals surface area contributed by atoms with Crippen LogP contribution in [0.25, 0.3) is 10.9 Å². The molecule has 30 heavy (non-hydrogen) atoms. The summed E-state index contributed by atoms with van der Waals surface area (Å²) in [6, 6.07) is 13.4. The Morgan fingerprint density at radius 1 is 1.00 bits per heavy atom. The molecule has 0 radical (unpaired) electrons. The molecule has 2 heterocycles. The number of amides is 1. The maximum Gasteiger partial charge on any atom is 0.417 e. The number of hydrogen-bond donors (Lipinski definition) is 1. The maximum absolute atomic E-state index is 12.6. The largest absolute Gasteiger partial charge is 0.474 e. The summed E-state index contributed by atoms with van der Waals surface area (Å²) in [5.41, 5.74) is 0.343. The van der Waals surface area contributed by atoms with Crippen LogP contribution >= 0.6 is 0 Å². The third kappa shape index (κ3) is 4.69. The monoisotopic (exact) mass is 415 g/mol. The molecule has 5 nitrogen and oxygen atoms in total. The van der Waals surface area contributed by atoms with E-state index in [1.54, 1.807) is 6.07 Å². The molecule has 156 valence electrons. The first kappa shape index (κ1) is 20.1. The topological polar surface area (TPSA) is 64.1 Å². The fourth-order valence-electron chi connectivity index (χ4n) is 3.57. The predicted molar refractivity (Wildman–Crippen MR) is 105 cm³/mol. The molecule has 1 saturated carbocycles. The molecule has 1 aliphatic carbocycles. The minimum atomic E-state index is -4.41. The van der Waals surface area contributed by atoms with Crippen molar-refractivity contribution < 1.29 is 22.7 Å². The first-order valence-corrected chi connectivity index (χ1v) is 9.75. The Labute approximate surface area is 171 Å². The number of nitrogens with zero attached hydrogens (tertiary/aromatic N) is 2. The molecule has 1 aromatic carbocycles. The second-order valence-corrected chi connectivity index (χ2v) is 7.34. The minimum absolute atomic E-state index is 0.00573. The second-order valence-electron chi connectivity index (χ2n) is 7.34. The van der Waals surface area contributed by atoms with Crippen molar-refractivity contribution in [3.05, 3.63) is 66.0 Å². The highest BCUT2D eigenvalue weighted by molar-refractivity contribution is 5.95. The molecule has 1 amide bonds. The normalized spacial score (nSPS) is 19.4. The summed E-state index contributed by atoms with van der Waals surface area (Å²) in [6.07, 6.45) is -0.993. The number of para-hydroxylation sites is 1. The lowest BCUT2D eigenvalue weighted by Crippen LogP contribution is -2.40. The average molecular weight is 415 g/mol. The van der Waals surface area contributed by atoms with Crippen molar-refractivity contribution in [2.24, 2.45) is 0 Å². The standard InChI is InChI=1S/C22H20F3N3O2/c23-22(24,25)15-6-12-20(26-13-15)30-17-9-7-16(8-10-17)27-21(29)19-11-5-14-3-1-2-4-18(14)28-19/h1-6,11-13,16-17H,7-10H2,(H,27,29). The van der Waals surface area contributed by atoms with Gasteiger partial charge in [-0.1, -0.05) is 24.3 Å². The Morgan fingerprint density at radius 3 is 2.47 bits per heavy atom. The van der Waals surface area contributed by atoms with E-state index in [0.29, 0.717) is 31.4 Å². The van der Waals surface area contributed by atoms with Crippen LogP contribution in [-0.4, -0.2) is 28.0 Å². The number of aromatic nitrogens is 2. The van der Waals surface area contributed by atoms with Gasteiger partial charge in [-0.05, 0) is 43.9 Å². The number of carbonyl (C=O) groups is 1. The number of benzene rings is 1. The van der Waals surface area contributed by atoms with E-state index in [1.807, 2.05) is 30.3 Å². The van der Waals surface area contributed by atoms with E-state index in [2.05, 4.69) is 15.3 Å². The van der Waals surface area contributed by atoms with Crippen LogP contribution < -0.4 is 10.1 Å². The SMILES string of the molecule is O=C(NC1CCC(Oc2ccc(C(F)(F)F)cn2)CC1)c1ccc2ccccc2n1. The van der Waals surface area contributed by atoms with Gasteiger partial charge in [-0.15, -0.1) is 0 Å². The lowest BCUT2D eigenvalue weighted by molar-refractivity contribution is -0.137. The maximum atomic E-state index is 12.6. The van der Waals surface area contributed by atoms with Crippen molar-refractivity contribution in [2.75, 3.05) is 0 Å².